The Morgan fingerprint density at radius 3 is 1.88 bits per heavy atom. The molecule has 0 saturated carbocycles. The van der Waals surface area contributed by atoms with Gasteiger partial charge < -0.3 is 10.2 Å². The van der Waals surface area contributed by atoms with Gasteiger partial charge in [0.15, 0.2) is 0 Å². The van der Waals surface area contributed by atoms with Crippen molar-refractivity contribution < 1.29 is 28.3 Å². The first-order chi connectivity index (χ1) is 7.16. The predicted octanol–water partition coefficient (Wildman–Crippen LogP) is 1.29. The highest BCUT2D eigenvalue weighted by molar-refractivity contribution is 5.35. The highest BCUT2D eigenvalue weighted by Gasteiger charge is 2.54. The van der Waals surface area contributed by atoms with Crippen LogP contribution in [-0.4, -0.2) is 21.3 Å². The average Bonchev–Trinajstić information content (AvgIpc) is 2.16. The van der Waals surface area contributed by atoms with E-state index in [1.165, 1.54) is 0 Å². The molecule has 0 spiro atoms. The third-order valence-corrected chi connectivity index (χ3v) is 1.88. The number of benzene rings is 1. The van der Waals surface area contributed by atoms with E-state index in [4.69, 9.17) is 10.2 Å². The van der Waals surface area contributed by atoms with E-state index in [-0.39, 0.29) is 0 Å². The predicted molar refractivity (Wildman–Crippen MR) is 45.3 cm³/mol. The summed E-state index contributed by atoms with van der Waals surface area (Å²) < 4.78 is 36.4. The Kier molecular flexibility index (Phi) is 2.89. The summed E-state index contributed by atoms with van der Waals surface area (Å²) in [5, 5.41) is 27.8. The van der Waals surface area contributed by atoms with Crippen molar-refractivity contribution in [2.75, 3.05) is 0 Å². The smallest absolute Gasteiger partial charge is 0.355 e. The van der Waals surface area contributed by atoms with Crippen LogP contribution in [0.4, 0.5) is 18.9 Å². The van der Waals surface area contributed by atoms with Crippen LogP contribution < -0.4 is 0 Å². The topological polar surface area (TPSA) is 83.6 Å². The van der Waals surface area contributed by atoms with E-state index < -0.39 is 28.1 Å². The summed E-state index contributed by atoms with van der Waals surface area (Å²) in [5.74, 6) is -4.01. The second kappa shape index (κ2) is 3.72. The molecule has 0 aromatic heterocycles. The molecule has 0 fully saturated rings. The van der Waals surface area contributed by atoms with Crippen LogP contribution in [0.2, 0.25) is 0 Å². The molecule has 0 saturated heterocycles. The van der Waals surface area contributed by atoms with Gasteiger partial charge in [-0.1, -0.05) is 0 Å². The zero-order chi connectivity index (χ0) is 12.6. The number of rotatable bonds is 2. The van der Waals surface area contributed by atoms with Gasteiger partial charge in [-0.05, 0) is 12.1 Å². The van der Waals surface area contributed by atoms with Crippen LogP contribution in [0.1, 0.15) is 5.56 Å². The Balaban J connectivity index is 3.11. The van der Waals surface area contributed by atoms with Crippen LogP contribution in [0.25, 0.3) is 0 Å². The fraction of sp³-hybridized carbons (Fsp3) is 0.250. The quantitative estimate of drug-likeness (QED) is 0.461. The maximum atomic E-state index is 12.1. The van der Waals surface area contributed by atoms with Gasteiger partial charge in [-0.25, -0.2) is 0 Å². The summed E-state index contributed by atoms with van der Waals surface area (Å²) in [6.07, 6.45) is -5.27. The van der Waals surface area contributed by atoms with Crippen molar-refractivity contribution in [3.8, 4) is 0 Å². The first-order valence-electron chi connectivity index (χ1n) is 3.92. The van der Waals surface area contributed by atoms with E-state index in [0.29, 0.717) is 12.1 Å². The highest BCUT2D eigenvalue weighted by Crippen LogP contribution is 2.36. The molecule has 1 aromatic rings. The standard InChI is InChI=1S/C8H6F3NO4/c9-8(10,11)7(13,14)5-1-3-6(4-2-5)12(15)16/h1-4,13-14H. The van der Waals surface area contributed by atoms with Gasteiger partial charge in [0.2, 0.25) is 0 Å². The van der Waals surface area contributed by atoms with Gasteiger partial charge in [0, 0.05) is 17.7 Å². The number of nitro benzene ring substituents is 1. The van der Waals surface area contributed by atoms with Crippen molar-refractivity contribution in [3.63, 3.8) is 0 Å². The molecule has 0 atom stereocenters. The monoisotopic (exact) mass is 237 g/mol. The number of nitro groups is 1. The minimum atomic E-state index is -5.27. The molecule has 0 unspecified atom stereocenters. The van der Waals surface area contributed by atoms with Gasteiger partial charge >= 0.3 is 6.18 Å². The van der Waals surface area contributed by atoms with E-state index in [9.17, 15) is 23.3 Å². The molecule has 0 aliphatic rings. The molecule has 8 heteroatoms. The lowest BCUT2D eigenvalue weighted by atomic mass is 10.1. The minimum absolute atomic E-state index is 0.443. The largest absolute Gasteiger partial charge is 0.447 e. The van der Waals surface area contributed by atoms with Crippen molar-refractivity contribution in [2.24, 2.45) is 0 Å². The maximum Gasteiger partial charge on any atom is 0.447 e. The van der Waals surface area contributed by atoms with Gasteiger partial charge in [0.25, 0.3) is 11.5 Å². The van der Waals surface area contributed by atoms with Gasteiger partial charge in [0.1, 0.15) is 0 Å². The highest BCUT2D eigenvalue weighted by atomic mass is 19.4. The van der Waals surface area contributed by atoms with Crippen LogP contribution in [0, 0.1) is 10.1 Å². The van der Waals surface area contributed by atoms with Crippen LogP contribution >= 0.6 is 0 Å². The molecule has 0 bridgehead atoms. The third kappa shape index (κ3) is 2.12. The summed E-state index contributed by atoms with van der Waals surface area (Å²) in [4.78, 5) is 9.41. The van der Waals surface area contributed by atoms with Gasteiger partial charge in [-0.2, -0.15) is 13.2 Å². The lowest BCUT2D eigenvalue weighted by molar-refractivity contribution is -0.385. The van der Waals surface area contributed by atoms with Gasteiger partial charge in [-0.15, -0.1) is 0 Å². The van der Waals surface area contributed by atoms with Crippen LogP contribution in [0.3, 0.4) is 0 Å². The van der Waals surface area contributed by atoms with E-state index in [2.05, 4.69) is 0 Å². The Morgan fingerprint density at radius 1 is 1.12 bits per heavy atom. The zero-order valence-electron chi connectivity index (χ0n) is 7.60. The number of non-ortho nitro benzene ring substituents is 1. The average molecular weight is 237 g/mol. The normalized spacial score (nSPS) is 12.6. The number of aliphatic hydroxyl groups is 2. The molecule has 0 radical (unpaired) electrons. The summed E-state index contributed by atoms with van der Waals surface area (Å²) in [6, 6.07) is 2.77. The number of halogens is 3. The molecular weight excluding hydrogens is 231 g/mol. The second-order valence-electron chi connectivity index (χ2n) is 2.97. The summed E-state index contributed by atoms with van der Waals surface area (Å²) in [7, 11) is 0. The van der Waals surface area contributed by atoms with Crippen LogP contribution in [-0.2, 0) is 5.79 Å². The fourth-order valence-corrected chi connectivity index (χ4v) is 0.979. The van der Waals surface area contributed by atoms with Crippen LogP contribution in [0.15, 0.2) is 24.3 Å². The van der Waals surface area contributed by atoms with Crippen LogP contribution in [0.5, 0.6) is 0 Å². The Hall–Kier alpha value is -1.67. The molecule has 0 heterocycles. The zero-order valence-corrected chi connectivity index (χ0v) is 7.60. The molecule has 5 nitrogen and oxygen atoms in total. The lowest BCUT2D eigenvalue weighted by Crippen LogP contribution is -2.41. The fourth-order valence-electron chi connectivity index (χ4n) is 0.979. The van der Waals surface area contributed by atoms with E-state index >= 15 is 0 Å². The maximum absolute atomic E-state index is 12.1. The van der Waals surface area contributed by atoms with Crippen molar-refractivity contribution in [1.29, 1.82) is 0 Å². The Morgan fingerprint density at radius 2 is 1.56 bits per heavy atom. The number of alkyl halides is 3. The summed E-state index contributed by atoms with van der Waals surface area (Å²) in [5.41, 5.74) is -1.33. The molecule has 88 valence electrons. The molecule has 0 aliphatic heterocycles. The molecule has 1 aromatic carbocycles. The summed E-state index contributed by atoms with van der Waals surface area (Å²) in [6.45, 7) is 0. The number of hydrogen-bond acceptors (Lipinski definition) is 4. The molecule has 16 heavy (non-hydrogen) atoms. The molecule has 0 aliphatic carbocycles. The van der Waals surface area contributed by atoms with Crippen molar-refractivity contribution in [1.82, 2.24) is 0 Å². The van der Waals surface area contributed by atoms with Gasteiger partial charge in [-0.3, -0.25) is 10.1 Å². The van der Waals surface area contributed by atoms with Crippen molar-refractivity contribution in [2.45, 2.75) is 12.0 Å². The third-order valence-electron chi connectivity index (χ3n) is 1.88. The Bertz CT molecular complexity index is 399. The lowest BCUT2D eigenvalue weighted by Gasteiger charge is -2.24. The molecule has 2 N–H and O–H groups in total. The summed E-state index contributed by atoms with van der Waals surface area (Å²) >= 11 is 0. The minimum Gasteiger partial charge on any atom is -0.355 e. The molecule has 0 amide bonds. The van der Waals surface area contributed by atoms with E-state index in [0.717, 1.165) is 12.1 Å². The van der Waals surface area contributed by atoms with Gasteiger partial charge in [0.05, 0.1) is 4.92 Å². The van der Waals surface area contributed by atoms with E-state index in [1.54, 1.807) is 0 Å². The van der Waals surface area contributed by atoms with Crippen molar-refractivity contribution in [3.05, 3.63) is 39.9 Å². The first kappa shape index (κ1) is 12.4. The molecular formula is C8H6F3NO4. The number of hydrogen-bond donors (Lipinski definition) is 2. The first-order valence-corrected chi connectivity index (χ1v) is 3.92. The second-order valence-corrected chi connectivity index (χ2v) is 2.97. The van der Waals surface area contributed by atoms with E-state index in [1.807, 2.05) is 0 Å². The Labute approximate surface area is 86.9 Å². The SMILES string of the molecule is O=[N+]([O-])c1ccc(C(O)(O)C(F)(F)F)cc1. The molecule has 1 rings (SSSR count). The van der Waals surface area contributed by atoms with Crippen molar-refractivity contribution >= 4 is 5.69 Å². The number of nitrogens with zero attached hydrogens (tertiary/aromatic N) is 1.